The summed E-state index contributed by atoms with van der Waals surface area (Å²) in [5, 5.41) is 11.2. The molecule has 1 aliphatic carbocycles. The Labute approximate surface area is 158 Å². The van der Waals surface area contributed by atoms with Crippen molar-refractivity contribution in [1.29, 1.82) is 0 Å². The summed E-state index contributed by atoms with van der Waals surface area (Å²) in [6, 6.07) is 4.04. The normalized spacial score (nSPS) is 16.7. The van der Waals surface area contributed by atoms with Crippen LogP contribution >= 0.6 is 0 Å². The smallest absolute Gasteiger partial charge is 0.240 e. The molecule has 144 valence electrons. The molecule has 8 heteroatoms. The molecule has 8 nitrogen and oxygen atoms in total. The Balaban J connectivity index is 1.40. The third-order valence-corrected chi connectivity index (χ3v) is 5.27. The van der Waals surface area contributed by atoms with Gasteiger partial charge >= 0.3 is 0 Å². The predicted molar refractivity (Wildman–Crippen MR) is 100 cm³/mol. The van der Waals surface area contributed by atoms with Crippen LogP contribution in [0.2, 0.25) is 0 Å². The third kappa shape index (κ3) is 3.62. The second-order valence-corrected chi connectivity index (χ2v) is 7.20. The zero-order valence-electron chi connectivity index (χ0n) is 16.0. The molecule has 0 saturated heterocycles. The van der Waals surface area contributed by atoms with Gasteiger partial charge in [-0.25, -0.2) is 0 Å². The first-order chi connectivity index (χ1) is 13.1. The van der Waals surface area contributed by atoms with Crippen LogP contribution in [-0.2, 0) is 24.8 Å². The van der Waals surface area contributed by atoms with Crippen molar-refractivity contribution in [2.24, 2.45) is 7.05 Å². The van der Waals surface area contributed by atoms with E-state index in [1.807, 2.05) is 23.7 Å². The Bertz CT molecular complexity index is 859. The Morgan fingerprint density at radius 1 is 1.19 bits per heavy atom. The summed E-state index contributed by atoms with van der Waals surface area (Å²) in [4.78, 5) is 14.6. The quantitative estimate of drug-likeness (QED) is 0.833. The van der Waals surface area contributed by atoms with Crippen LogP contribution in [0.25, 0.3) is 0 Å². The van der Waals surface area contributed by atoms with E-state index in [0.29, 0.717) is 30.7 Å². The lowest BCUT2D eigenvalue weighted by Gasteiger charge is -2.28. The van der Waals surface area contributed by atoms with Gasteiger partial charge in [-0.1, -0.05) is 0 Å². The molecule has 0 atom stereocenters. The average molecular weight is 371 g/mol. The maximum absolute atomic E-state index is 12.5. The summed E-state index contributed by atoms with van der Waals surface area (Å²) >= 11 is 0. The van der Waals surface area contributed by atoms with Gasteiger partial charge < -0.3 is 14.0 Å². The summed E-state index contributed by atoms with van der Waals surface area (Å²) in [6.07, 6.45) is 3.18. The minimum absolute atomic E-state index is 0.0724. The molecule has 1 saturated carbocycles. The zero-order chi connectivity index (χ0) is 19.0. The standard InChI is InChI=1S/C19H25N5O3/c1-23-18(12-4-5-12)21-22-19(23)20-17(25)11-24-7-6-13-8-15(26-2)16(27-3)9-14(13)10-24/h8-9,12H,4-7,10-11H2,1-3H3,(H,20,22,25). The average Bonchev–Trinajstić information content (AvgIpc) is 3.45. The number of anilines is 1. The van der Waals surface area contributed by atoms with E-state index in [1.54, 1.807) is 14.2 Å². The third-order valence-electron chi connectivity index (χ3n) is 5.27. The summed E-state index contributed by atoms with van der Waals surface area (Å²) in [5.41, 5.74) is 2.41. The van der Waals surface area contributed by atoms with Gasteiger partial charge in [0.15, 0.2) is 11.5 Å². The van der Waals surface area contributed by atoms with E-state index in [9.17, 15) is 4.79 Å². The van der Waals surface area contributed by atoms with Crippen molar-refractivity contribution in [2.45, 2.75) is 31.7 Å². The van der Waals surface area contributed by atoms with Gasteiger partial charge in [0, 0.05) is 26.1 Å². The Morgan fingerprint density at radius 3 is 2.56 bits per heavy atom. The molecule has 2 aliphatic rings. The summed E-state index contributed by atoms with van der Waals surface area (Å²) in [6.45, 7) is 1.84. The van der Waals surface area contributed by atoms with Crippen molar-refractivity contribution >= 4 is 11.9 Å². The molecular formula is C19H25N5O3. The Hall–Kier alpha value is -2.61. The summed E-state index contributed by atoms with van der Waals surface area (Å²) in [7, 11) is 5.18. The molecule has 0 spiro atoms. The van der Waals surface area contributed by atoms with Crippen molar-refractivity contribution in [3.63, 3.8) is 0 Å². The van der Waals surface area contributed by atoms with Crippen LogP contribution in [0.5, 0.6) is 11.5 Å². The molecule has 1 amide bonds. The van der Waals surface area contributed by atoms with Crippen molar-refractivity contribution in [3.05, 3.63) is 29.1 Å². The molecule has 0 bridgehead atoms. The highest BCUT2D eigenvalue weighted by atomic mass is 16.5. The first-order valence-corrected chi connectivity index (χ1v) is 9.24. The van der Waals surface area contributed by atoms with Gasteiger partial charge in [0.2, 0.25) is 11.9 Å². The lowest BCUT2D eigenvalue weighted by Crippen LogP contribution is -2.37. The number of ether oxygens (including phenoxy) is 2. The predicted octanol–water partition coefficient (Wildman–Crippen LogP) is 1.71. The maximum Gasteiger partial charge on any atom is 0.240 e. The lowest BCUT2D eigenvalue weighted by atomic mass is 9.99. The Kier molecular flexibility index (Phi) is 4.73. The molecule has 1 aromatic carbocycles. The van der Waals surface area contributed by atoms with Crippen LogP contribution in [0.15, 0.2) is 12.1 Å². The first-order valence-electron chi connectivity index (χ1n) is 9.24. The fraction of sp³-hybridized carbons (Fsp3) is 0.526. The highest BCUT2D eigenvalue weighted by molar-refractivity contribution is 5.90. The van der Waals surface area contributed by atoms with Crippen LogP contribution in [-0.4, -0.2) is 52.9 Å². The molecule has 0 unspecified atom stereocenters. The highest BCUT2D eigenvalue weighted by Gasteiger charge is 2.29. The van der Waals surface area contributed by atoms with Crippen molar-refractivity contribution in [1.82, 2.24) is 19.7 Å². The topological polar surface area (TPSA) is 81.5 Å². The second kappa shape index (κ2) is 7.19. The Morgan fingerprint density at radius 2 is 1.89 bits per heavy atom. The molecule has 1 aromatic heterocycles. The number of hydrogen-bond donors (Lipinski definition) is 1. The molecule has 2 aromatic rings. The minimum atomic E-state index is -0.0724. The van der Waals surface area contributed by atoms with Crippen LogP contribution in [0.4, 0.5) is 5.95 Å². The number of amides is 1. The van der Waals surface area contributed by atoms with Gasteiger partial charge in [-0.05, 0) is 42.5 Å². The number of carbonyl (C=O) groups is 1. The van der Waals surface area contributed by atoms with Crippen LogP contribution in [0, 0.1) is 0 Å². The zero-order valence-corrected chi connectivity index (χ0v) is 16.0. The maximum atomic E-state index is 12.5. The number of aromatic nitrogens is 3. The summed E-state index contributed by atoms with van der Waals surface area (Å²) in [5.74, 6) is 3.37. The number of nitrogens with zero attached hydrogens (tertiary/aromatic N) is 4. The van der Waals surface area contributed by atoms with E-state index in [0.717, 1.165) is 37.4 Å². The van der Waals surface area contributed by atoms with Crippen molar-refractivity contribution in [3.8, 4) is 11.5 Å². The number of benzene rings is 1. The highest BCUT2D eigenvalue weighted by Crippen LogP contribution is 2.39. The molecule has 2 heterocycles. The monoisotopic (exact) mass is 371 g/mol. The van der Waals surface area contributed by atoms with E-state index in [4.69, 9.17) is 9.47 Å². The van der Waals surface area contributed by atoms with E-state index in [2.05, 4.69) is 20.4 Å². The molecule has 0 radical (unpaired) electrons. The molecule has 27 heavy (non-hydrogen) atoms. The van der Waals surface area contributed by atoms with Gasteiger partial charge in [0.25, 0.3) is 0 Å². The van der Waals surface area contributed by atoms with E-state index in [-0.39, 0.29) is 5.91 Å². The fourth-order valence-corrected chi connectivity index (χ4v) is 3.59. The van der Waals surface area contributed by atoms with Crippen LogP contribution < -0.4 is 14.8 Å². The van der Waals surface area contributed by atoms with E-state index < -0.39 is 0 Å². The van der Waals surface area contributed by atoms with Gasteiger partial charge in [-0.15, -0.1) is 10.2 Å². The summed E-state index contributed by atoms with van der Waals surface area (Å²) < 4.78 is 12.7. The minimum Gasteiger partial charge on any atom is -0.493 e. The number of methoxy groups -OCH3 is 2. The molecule has 1 aliphatic heterocycles. The molecule has 4 rings (SSSR count). The lowest BCUT2D eigenvalue weighted by molar-refractivity contribution is -0.117. The number of fused-ring (bicyclic) bond motifs is 1. The SMILES string of the molecule is COc1cc2c(cc1OC)CN(CC(=O)Nc1nnc(C3CC3)n1C)CC2. The number of hydrogen-bond acceptors (Lipinski definition) is 6. The fourth-order valence-electron chi connectivity index (χ4n) is 3.59. The second-order valence-electron chi connectivity index (χ2n) is 7.20. The van der Waals surface area contributed by atoms with Crippen LogP contribution in [0.3, 0.4) is 0 Å². The van der Waals surface area contributed by atoms with Gasteiger partial charge in [0.1, 0.15) is 5.82 Å². The number of carbonyl (C=O) groups excluding carboxylic acids is 1. The van der Waals surface area contributed by atoms with E-state index in [1.165, 1.54) is 11.1 Å². The van der Waals surface area contributed by atoms with Crippen molar-refractivity contribution < 1.29 is 14.3 Å². The molecule has 1 fully saturated rings. The van der Waals surface area contributed by atoms with Gasteiger partial charge in [-0.2, -0.15) is 0 Å². The largest absolute Gasteiger partial charge is 0.493 e. The van der Waals surface area contributed by atoms with Crippen LogP contribution in [0.1, 0.15) is 35.7 Å². The molecule has 1 N–H and O–H groups in total. The van der Waals surface area contributed by atoms with Gasteiger partial charge in [0.05, 0.1) is 20.8 Å². The number of nitrogens with one attached hydrogen (secondary N) is 1. The van der Waals surface area contributed by atoms with E-state index >= 15 is 0 Å². The van der Waals surface area contributed by atoms with Gasteiger partial charge in [-0.3, -0.25) is 15.0 Å². The molecular weight excluding hydrogens is 346 g/mol. The van der Waals surface area contributed by atoms with Crippen molar-refractivity contribution in [2.75, 3.05) is 32.6 Å². The first kappa shape index (κ1) is 17.8. The number of rotatable bonds is 6.